The van der Waals surface area contributed by atoms with E-state index in [-0.39, 0.29) is 21.0 Å². The molecule has 0 saturated heterocycles. The summed E-state index contributed by atoms with van der Waals surface area (Å²) in [5.74, 6) is 0.0248. The van der Waals surface area contributed by atoms with Gasteiger partial charge in [-0.3, -0.25) is 14.2 Å². The molecule has 4 rings (SSSR count). The highest BCUT2D eigenvalue weighted by atomic mass is 32.2. The van der Waals surface area contributed by atoms with E-state index in [2.05, 4.69) is 14.8 Å². The Morgan fingerprint density at radius 3 is 1.79 bits per heavy atom. The van der Waals surface area contributed by atoms with E-state index in [1.165, 1.54) is 55.6 Å². The van der Waals surface area contributed by atoms with Crippen molar-refractivity contribution in [2.24, 2.45) is 0 Å². The summed E-state index contributed by atoms with van der Waals surface area (Å²) in [6, 6.07) is 24.6. The lowest BCUT2D eigenvalue weighted by Gasteiger charge is -2.13. The number of nitrogens with one attached hydrogen (secondary N) is 3. The van der Waals surface area contributed by atoms with Crippen LogP contribution in [0, 0.1) is 6.92 Å². The van der Waals surface area contributed by atoms with Gasteiger partial charge in [-0.05, 0) is 79.7 Å². The predicted octanol–water partition coefficient (Wildman–Crippen LogP) is 4.86. The SMILES string of the molecule is COc1ccc(NS(=O)(=O)c2ccc(NC(=O)c3ccccc3NS(=O)(=O)c3ccc(C)cc3)cc2)cc1. The second-order valence-corrected chi connectivity index (χ2v) is 11.6. The normalized spacial score (nSPS) is 11.4. The second kappa shape index (κ2) is 11.0. The van der Waals surface area contributed by atoms with Crippen LogP contribution in [0.4, 0.5) is 17.1 Å². The van der Waals surface area contributed by atoms with Crippen LogP contribution >= 0.6 is 0 Å². The lowest BCUT2D eigenvalue weighted by molar-refractivity contribution is 0.102. The smallest absolute Gasteiger partial charge is 0.261 e. The topological polar surface area (TPSA) is 131 Å². The van der Waals surface area contributed by atoms with E-state index in [1.54, 1.807) is 48.5 Å². The van der Waals surface area contributed by atoms with Crippen molar-refractivity contribution in [3.8, 4) is 5.75 Å². The van der Waals surface area contributed by atoms with Crippen LogP contribution in [0.5, 0.6) is 5.75 Å². The summed E-state index contributed by atoms with van der Waals surface area (Å²) < 4.78 is 61.1. The molecular formula is C27H25N3O6S2. The molecule has 1 amide bonds. The van der Waals surface area contributed by atoms with Gasteiger partial charge in [-0.2, -0.15) is 0 Å². The zero-order chi connectivity index (χ0) is 27.3. The van der Waals surface area contributed by atoms with Crippen molar-refractivity contribution in [1.29, 1.82) is 0 Å². The first kappa shape index (κ1) is 26.7. The van der Waals surface area contributed by atoms with Gasteiger partial charge in [-0.1, -0.05) is 29.8 Å². The number of sulfonamides is 2. The third-order valence-corrected chi connectivity index (χ3v) is 8.29. The van der Waals surface area contributed by atoms with Crippen LogP contribution in [0.2, 0.25) is 0 Å². The van der Waals surface area contributed by atoms with Gasteiger partial charge in [0.2, 0.25) is 0 Å². The van der Waals surface area contributed by atoms with Crippen molar-refractivity contribution in [3.63, 3.8) is 0 Å². The molecule has 0 spiro atoms. The van der Waals surface area contributed by atoms with E-state index in [0.717, 1.165) is 5.56 Å². The maximum Gasteiger partial charge on any atom is 0.261 e. The average Bonchev–Trinajstić information content (AvgIpc) is 2.89. The summed E-state index contributed by atoms with van der Waals surface area (Å²) in [4.78, 5) is 13.1. The Morgan fingerprint density at radius 2 is 1.18 bits per heavy atom. The Balaban J connectivity index is 1.48. The van der Waals surface area contributed by atoms with Crippen molar-refractivity contribution < 1.29 is 26.4 Å². The minimum Gasteiger partial charge on any atom is -0.497 e. The Kier molecular flexibility index (Phi) is 7.70. The first-order chi connectivity index (χ1) is 18.1. The van der Waals surface area contributed by atoms with Crippen molar-refractivity contribution in [1.82, 2.24) is 0 Å². The molecule has 0 aliphatic carbocycles. The minimum atomic E-state index is -3.92. The molecule has 0 aromatic heterocycles. The molecule has 0 atom stereocenters. The largest absolute Gasteiger partial charge is 0.497 e. The van der Waals surface area contributed by atoms with Crippen LogP contribution < -0.4 is 19.5 Å². The van der Waals surface area contributed by atoms with Gasteiger partial charge < -0.3 is 10.1 Å². The number of carbonyl (C=O) groups is 1. The molecule has 0 radical (unpaired) electrons. The van der Waals surface area contributed by atoms with Crippen LogP contribution in [0.25, 0.3) is 0 Å². The quantitative estimate of drug-likeness (QED) is 0.272. The number of methoxy groups -OCH3 is 1. The van der Waals surface area contributed by atoms with Gasteiger partial charge in [-0.25, -0.2) is 16.8 Å². The lowest BCUT2D eigenvalue weighted by Crippen LogP contribution is -2.18. The number of benzene rings is 4. The van der Waals surface area contributed by atoms with E-state index in [1.807, 2.05) is 6.92 Å². The van der Waals surface area contributed by atoms with Gasteiger partial charge in [0.15, 0.2) is 0 Å². The molecule has 11 heteroatoms. The predicted molar refractivity (Wildman–Crippen MR) is 147 cm³/mol. The number of rotatable bonds is 9. The fraction of sp³-hybridized carbons (Fsp3) is 0.0741. The maximum atomic E-state index is 13.0. The maximum absolute atomic E-state index is 13.0. The highest BCUT2D eigenvalue weighted by Crippen LogP contribution is 2.24. The van der Waals surface area contributed by atoms with Gasteiger partial charge >= 0.3 is 0 Å². The molecule has 4 aromatic rings. The zero-order valence-corrected chi connectivity index (χ0v) is 22.1. The number of aryl methyl sites for hydroxylation is 1. The number of carbonyl (C=O) groups excluding carboxylic acids is 1. The minimum absolute atomic E-state index is 0.00225. The summed E-state index contributed by atoms with van der Waals surface area (Å²) >= 11 is 0. The highest BCUT2D eigenvalue weighted by Gasteiger charge is 2.19. The van der Waals surface area contributed by atoms with Crippen LogP contribution in [0.3, 0.4) is 0 Å². The van der Waals surface area contributed by atoms with E-state index < -0.39 is 26.0 Å². The number of para-hydroxylation sites is 1. The van der Waals surface area contributed by atoms with Crippen LogP contribution in [0.1, 0.15) is 15.9 Å². The average molecular weight is 552 g/mol. The molecule has 38 heavy (non-hydrogen) atoms. The van der Waals surface area contributed by atoms with Crippen LogP contribution in [-0.2, 0) is 20.0 Å². The van der Waals surface area contributed by atoms with Crippen LogP contribution in [0.15, 0.2) is 107 Å². The second-order valence-electron chi connectivity index (χ2n) is 8.28. The molecule has 196 valence electrons. The Morgan fingerprint density at radius 1 is 0.658 bits per heavy atom. The molecule has 0 bridgehead atoms. The van der Waals surface area contributed by atoms with Crippen molar-refractivity contribution >= 4 is 43.0 Å². The molecule has 3 N–H and O–H groups in total. The molecule has 0 unspecified atom stereocenters. The summed E-state index contributed by atoms with van der Waals surface area (Å²) in [6.45, 7) is 1.85. The Labute approximate surface area is 221 Å². The number of hydrogen-bond donors (Lipinski definition) is 3. The van der Waals surface area contributed by atoms with Crippen molar-refractivity contribution in [3.05, 3.63) is 108 Å². The highest BCUT2D eigenvalue weighted by molar-refractivity contribution is 7.93. The summed E-state index contributed by atoms with van der Waals surface area (Å²) in [5, 5.41) is 2.67. The summed E-state index contributed by atoms with van der Waals surface area (Å²) in [7, 11) is -6.27. The third kappa shape index (κ3) is 6.31. The monoisotopic (exact) mass is 551 g/mol. The van der Waals surface area contributed by atoms with Gasteiger partial charge in [-0.15, -0.1) is 0 Å². The van der Waals surface area contributed by atoms with E-state index in [4.69, 9.17) is 4.74 Å². The molecule has 0 aliphatic rings. The number of amides is 1. The van der Waals surface area contributed by atoms with Gasteiger partial charge in [0.1, 0.15) is 5.75 Å². The molecule has 9 nitrogen and oxygen atoms in total. The lowest BCUT2D eigenvalue weighted by atomic mass is 10.1. The zero-order valence-electron chi connectivity index (χ0n) is 20.5. The fourth-order valence-corrected chi connectivity index (χ4v) is 5.62. The number of hydrogen-bond acceptors (Lipinski definition) is 6. The van der Waals surface area contributed by atoms with E-state index in [9.17, 15) is 21.6 Å². The van der Waals surface area contributed by atoms with Gasteiger partial charge in [0.25, 0.3) is 26.0 Å². The van der Waals surface area contributed by atoms with Gasteiger partial charge in [0.05, 0.1) is 28.2 Å². The molecule has 4 aromatic carbocycles. The number of ether oxygens (including phenoxy) is 1. The molecule has 0 aliphatic heterocycles. The first-order valence-electron chi connectivity index (χ1n) is 11.3. The van der Waals surface area contributed by atoms with Crippen LogP contribution in [-0.4, -0.2) is 29.9 Å². The van der Waals surface area contributed by atoms with E-state index >= 15 is 0 Å². The molecular weight excluding hydrogens is 526 g/mol. The molecule has 0 heterocycles. The fourth-order valence-electron chi connectivity index (χ4n) is 3.48. The summed E-state index contributed by atoms with van der Waals surface area (Å²) in [5.41, 5.74) is 1.82. The molecule has 0 fully saturated rings. The Hall–Kier alpha value is -4.35. The Bertz CT molecular complexity index is 1650. The third-order valence-electron chi connectivity index (χ3n) is 5.51. The molecule has 0 saturated carbocycles. The van der Waals surface area contributed by atoms with E-state index in [0.29, 0.717) is 17.1 Å². The van der Waals surface area contributed by atoms with Crippen molar-refractivity contribution in [2.75, 3.05) is 21.9 Å². The van der Waals surface area contributed by atoms with Gasteiger partial charge in [0, 0.05) is 11.4 Å². The van der Waals surface area contributed by atoms with Crippen molar-refractivity contribution in [2.45, 2.75) is 16.7 Å². The summed E-state index contributed by atoms with van der Waals surface area (Å²) in [6.07, 6.45) is 0. The standard InChI is InChI=1S/C27H25N3O6S2/c1-19-7-15-23(16-8-19)38(34,35)30-26-6-4-3-5-25(26)27(31)28-20-11-17-24(18-12-20)37(32,33)29-21-9-13-22(36-2)14-10-21/h3-18,29-30H,1-2H3,(H,28,31). The first-order valence-corrected chi connectivity index (χ1v) is 14.3. The number of anilines is 3.